The highest BCUT2D eigenvalue weighted by molar-refractivity contribution is 5.80. The summed E-state index contributed by atoms with van der Waals surface area (Å²) >= 11 is 0. The molecule has 1 aromatic heterocycles. The van der Waals surface area contributed by atoms with E-state index in [9.17, 15) is 14.4 Å². The number of aromatic nitrogens is 2. The number of benzene rings is 1. The highest BCUT2D eigenvalue weighted by atomic mass is 16.5. The van der Waals surface area contributed by atoms with Gasteiger partial charge in [0.1, 0.15) is 0 Å². The number of carbonyl (C=O) groups excluding carboxylic acids is 2. The van der Waals surface area contributed by atoms with Crippen LogP contribution in [0.25, 0.3) is 0 Å². The van der Waals surface area contributed by atoms with E-state index in [2.05, 4.69) is 10.2 Å². The van der Waals surface area contributed by atoms with Gasteiger partial charge in [-0.15, -0.1) is 0 Å². The number of carboxylic acid groups (broad SMARTS) is 1. The standard InChI is InChI=1S/C20H24N4O4.CH2O2/c1-13-15(20(27)22-21-13)9-19(26)23-11-16-17(12-23)28-8-7-18(25)24(16)10-14-5-3-2-4-6-14;2-1-3/h2-6,16-17H,7-12H2,1H3,(H2,21,22,27);1H,(H,2,3)/t16-,17-;/m0./s1. The molecule has 3 heterocycles. The number of carbonyl (C=O) groups is 3. The Balaban J connectivity index is 0.000000858. The van der Waals surface area contributed by atoms with Crippen molar-refractivity contribution < 1.29 is 24.2 Å². The van der Waals surface area contributed by atoms with Gasteiger partial charge in [-0.05, 0) is 12.5 Å². The zero-order valence-corrected chi connectivity index (χ0v) is 17.2. The third-order valence-corrected chi connectivity index (χ3v) is 5.57. The predicted octanol–water partition coefficient (Wildman–Crippen LogP) is 0.283. The second-order valence-electron chi connectivity index (χ2n) is 7.50. The third-order valence-electron chi connectivity index (χ3n) is 5.57. The maximum Gasteiger partial charge on any atom is 0.290 e. The van der Waals surface area contributed by atoms with E-state index in [1.54, 1.807) is 11.8 Å². The van der Waals surface area contributed by atoms with E-state index in [1.807, 2.05) is 35.2 Å². The van der Waals surface area contributed by atoms with Gasteiger partial charge in [0, 0.05) is 30.9 Å². The fourth-order valence-corrected chi connectivity index (χ4v) is 3.98. The molecule has 2 aliphatic heterocycles. The zero-order chi connectivity index (χ0) is 22.4. The minimum atomic E-state index is -0.267. The molecule has 4 rings (SSSR count). The lowest BCUT2D eigenvalue weighted by molar-refractivity contribution is -0.135. The maximum absolute atomic E-state index is 12.8. The average Bonchev–Trinajstić information content (AvgIpc) is 3.28. The molecule has 10 nitrogen and oxygen atoms in total. The van der Waals surface area contributed by atoms with Gasteiger partial charge in [-0.2, -0.15) is 0 Å². The average molecular weight is 430 g/mol. The topological polar surface area (TPSA) is 136 Å². The number of H-pyrrole nitrogens is 2. The first kappa shape index (κ1) is 22.3. The maximum atomic E-state index is 12.8. The van der Waals surface area contributed by atoms with Crippen molar-refractivity contribution in [1.29, 1.82) is 0 Å². The van der Waals surface area contributed by atoms with Crippen molar-refractivity contribution in [3.8, 4) is 0 Å². The van der Waals surface area contributed by atoms with Crippen molar-refractivity contribution in [2.75, 3.05) is 19.7 Å². The number of hydrogen-bond donors (Lipinski definition) is 3. The van der Waals surface area contributed by atoms with E-state index >= 15 is 0 Å². The van der Waals surface area contributed by atoms with Crippen LogP contribution in [0.5, 0.6) is 0 Å². The summed E-state index contributed by atoms with van der Waals surface area (Å²) in [7, 11) is 0. The molecule has 0 unspecified atom stereocenters. The summed E-state index contributed by atoms with van der Waals surface area (Å²) in [5.74, 6) is -0.0828. The van der Waals surface area contributed by atoms with Crippen molar-refractivity contribution in [2.24, 2.45) is 0 Å². The summed E-state index contributed by atoms with van der Waals surface area (Å²) in [4.78, 5) is 49.2. The first-order chi connectivity index (χ1) is 14.9. The van der Waals surface area contributed by atoms with E-state index in [0.717, 1.165) is 5.56 Å². The number of aromatic amines is 2. The molecule has 10 heteroatoms. The van der Waals surface area contributed by atoms with Crippen molar-refractivity contribution in [3.05, 3.63) is 57.5 Å². The third kappa shape index (κ3) is 5.21. The van der Waals surface area contributed by atoms with E-state index in [1.165, 1.54) is 0 Å². The second-order valence-corrected chi connectivity index (χ2v) is 7.50. The van der Waals surface area contributed by atoms with Gasteiger partial charge in [0.2, 0.25) is 11.8 Å². The number of aryl methyl sites for hydroxylation is 1. The normalized spacial score (nSPS) is 20.5. The van der Waals surface area contributed by atoms with Crippen molar-refractivity contribution in [2.45, 2.75) is 38.5 Å². The minimum Gasteiger partial charge on any atom is -0.483 e. The molecule has 0 aliphatic carbocycles. The molecule has 2 amide bonds. The van der Waals surface area contributed by atoms with Crippen LogP contribution >= 0.6 is 0 Å². The summed E-state index contributed by atoms with van der Waals surface area (Å²) in [6, 6.07) is 9.66. The molecule has 0 bridgehead atoms. The van der Waals surface area contributed by atoms with Crippen LogP contribution in [0, 0.1) is 6.92 Å². The fourth-order valence-electron chi connectivity index (χ4n) is 3.98. The lowest BCUT2D eigenvalue weighted by Gasteiger charge is -2.29. The van der Waals surface area contributed by atoms with Crippen LogP contribution in [0.4, 0.5) is 0 Å². The molecule has 31 heavy (non-hydrogen) atoms. The van der Waals surface area contributed by atoms with Gasteiger partial charge in [0.25, 0.3) is 12.0 Å². The number of ether oxygens (including phenoxy) is 1. The van der Waals surface area contributed by atoms with Crippen LogP contribution < -0.4 is 5.56 Å². The van der Waals surface area contributed by atoms with Gasteiger partial charge >= 0.3 is 0 Å². The van der Waals surface area contributed by atoms with Crippen LogP contribution in [0.15, 0.2) is 35.1 Å². The van der Waals surface area contributed by atoms with Crippen LogP contribution in [-0.4, -0.2) is 75.2 Å². The van der Waals surface area contributed by atoms with Crippen molar-refractivity contribution in [3.63, 3.8) is 0 Å². The molecule has 1 aromatic carbocycles. The molecule has 2 aliphatic rings. The Morgan fingerprint density at radius 2 is 1.94 bits per heavy atom. The number of nitrogens with one attached hydrogen (secondary N) is 2. The lowest BCUT2D eigenvalue weighted by atomic mass is 10.1. The summed E-state index contributed by atoms with van der Waals surface area (Å²) in [5, 5.41) is 12.1. The molecule has 2 fully saturated rings. The zero-order valence-electron chi connectivity index (χ0n) is 17.2. The molecule has 2 atom stereocenters. The molecule has 2 aromatic rings. The summed E-state index contributed by atoms with van der Waals surface area (Å²) in [6.45, 7) is 3.23. The Morgan fingerprint density at radius 3 is 2.58 bits per heavy atom. The Bertz CT molecular complexity index is 970. The lowest BCUT2D eigenvalue weighted by Crippen LogP contribution is -2.45. The summed E-state index contributed by atoms with van der Waals surface area (Å²) in [6.07, 6.45) is 0.187. The molecule has 0 radical (unpaired) electrons. The van der Waals surface area contributed by atoms with E-state index in [4.69, 9.17) is 14.6 Å². The molecule has 0 spiro atoms. The van der Waals surface area contributed by atoms with Crippen LogP contribution in [0.2, 0.25) is 0 Å². The van der Waals surface area contributed by atoms with Crippen LogP contribution in [-0.2, 0) is 32.1 Å². The number of fused-ring (bicyclic) bond motifs is 1. The molecule has 3 N–H and O–H groups in total. The Labute approximate surface area is 178 Å². The molecule has 166 valence electrons. The number of hydrogen-bond acceptors (Lipinski definition) is 5. The van der Waals surface area contributed by atoms with Crippen molar-refractivity contribution in [1.82, 2.24) is 20.0 Å². The summed E-state index contributed by atoms with van der Waals surface area (Å²) < 4.78 is 5.90. The second kappa shape index (κ2) is 10.1. The Hall–Kier alpha value is -3.40. The number of rotatable bonds is 4. The van der Waals surface area contributed by atoms with Crippen LogP contribution in [0.3, 0.4) is 0 Å². The van der Waals surface area contributed by atoms with Gasteiger partial charge in [-0.3, -0.25) is 24.3 Å². The van der Waals surface area contributed by atoms with Crippen molar-refractivity contribution >= 4 is 18.3 Å². The predicted molar refractivity (Wildman–Crippen MR) is 110 cm³/mol. The SMILES string of the molecule is Cc1[nH][nH]c(=O)c1CC(=O)N1C[C@@H]2OCCC(=O)N(Cc3ccccc3)[C@H]2C1.O=CO. The van der Waals surface area contributed by atoms with Gasteiger partial charge < -0.3 is 24.7 Å². The molecule has 0 saturated carbocycles. The van der Waals surface area contributed by atoms with Gasteiger partial charge in [0.05, 0.1) is 31.6 Å². The first-order valence-corrected chi connectivity index (χ1v) is 10.0. The first-order valence-electron chi connectivity index (χ1n) is 10.0. The monoisotopic (exact) mass is 430 g/mol. The molecular weight excluding hydrogens is 404 g/mol. The number of likely N-dealkylation sites (tertiary alicyclic amines) is 1. The van der Waals surface area contributed by atoms with Crippen LogP contribution in [0.1, 0.15) is 23.2 Å². The minimum absolute atomic E-state index is 0.0384. The largest absolute Gasteiger partial charge is 0.483 e. The molecular formula is C21H26N4O6. The number of amides is 2. The van der Waals surface area contributed by atoms with Gasteiger partial charge in [-0.25, -0.2) is 0 Å². The number of nitrogens with zero attached hydrogens (tertiary/aromatic N) is 2. The van der Waals surface area contributed by atoms with E-state index in [0.29, 0.717) is 43.9 Å². The fraction of sp³-hybridized carbons (Fsp3) is 0.429. The highest BCUT2D eigenvalue weighted by Gasteiger charge is 2.42. The quantitative estimate of drug-likeness (QED) is 0.597. The molecule has 2 saturated heterocycles. The van der Waals surface area contributed by atoms with Gasteiger partial charge in [0.15, 0.2) is 0 Å². The van der Waals surface area contributed by atoms with E-state index < -0.39 is 0 Å². The Kier molecular flexibility index (Phi) is 7.24. The Morgan fingerprint density at radius 1 is 1.23 bits per heavy atom. The summed E-state index contributed by atoms with van der Waals surface area (Å²) in [5.41, 5.74) is 1.91. The van der Waals surface area contributed by atoms with E-state index in [-0.39, 0.29) is 42.4 Å². The highest BCUT2D eigenvalue weighted by Crippen LogP contribution is 2.25. The smallest absolute Gasteiger partial charge is 0.290 e. The van der Waals surface area contributed by atoms with Gasteiger partial charge in [-0.1, -0.05) is 30.3 Å².